The first-order chi connectivity index (χ1) is 4.20. The van der Waals surface area contributed by atoms with E-state index in [2.05, 4.69) is 0 Å². The smallest absolute Gasteiger partial charge is 0.120 e. The third kappa shape index (κ3) is 1.58. The standard InChI is InChI=1S/C6H9ClFN/c7-5-3-4(9)1-2-6(5)8/h3,5-6H,1-2,9H2. The molecule has 9 heavy (non-hydrogen) atoms. The van der Waals surface area contributed by atoms with E-state index in [0.29, 0.717) is 18.5 Å². The number of nitrogens with two attached hydrogens (primary N) is 1. The summed E-state index contributed by atoms with van der Waals surface area (Å²) in [6.45, 7) is 0. The van der Waals surface area contributed by atoms with Gasteiger partial charge in [0, 0.05) is 5.70 Å². The van der Waals surface area contributed by atoms with E-state index in [9.17, 15) is 4.39 Å². The molecule has 0 amide bonds. The van der Waals surface area contributed by atoms with Gasteiger partial charge in [0.1, 0.15) is 6.17 Å². The van der Waals surface area contributed by atoms with Crippen molar-refractivity contribution in [2.45, 2.75) is 24.4 Å². The molecular weight excluding hydrogens is 141 g/mol. The molecule has 0 saturated heterocycles. The number of hydrogen-bond acceptors (Lipinski definition) is 1. The van der Waals surface area contributed by atoms with E-state index in [1.165, 1.54) is 0 Å². The predicted octanol–water partition coefficient (Wildman–Crippen LogP) is 1.57. The first-order valence-electron chi connectivity index (χ1n) is 2.94. The van der Waals surface area contributed by atoms with E-state index in [0.717, 1.165) is 0 Å². The van der Waals surface area contributed by atoms with Gasteiger partial charge in [-0.1, -0.05) is 0 Å². The molecule has 0 spiro atoms. The maximum Gasteiger partial charge on any atom is 0.120 e. The first-order valence-corrected chi connectivity index (χ1v) is 3.38. The maximum atomic E-state index is 12.5. The SMILES string of the molecule is NC1=CC(Cl)C(F)CC1. The summed E-state index contributed by atoms with van der Waals surface area (Å²) in [4.78, 5) is 0. The fraction of sp³-hybridized carbons (Fsp3) is 0.667. The van der Waals surface area contributed by atoms with Crippen LogP contribution in [0.1, 0.15) is 12.8 Å². The second-order valence-electron chi connectivity index (χ2n) is 2.24. The van der Waals surface area contributed by atoms with E-state index in [1.807, 2.05) is 0 Å². The fourth-order valence-electron chi connectivity index (χ4n) is 0.856. The summed E-state index contributed by atoms with van der Waals surface area (Å²) in [5.74, 6) is 0. The summed E-state index contributed by atoms with van der Waals surface area (Å²) >= 11 is 5.53. The Balaban J connectivity index is 2.58. The maximum absolute atomic E-state index is 12.5. The minimum Gasteiger partial charge on any atom is -0.402 e. The third-order valence-corrected chi connectivity index (χ3v) is 1.83. The third-order valence-electron chi connectivity index (χ3n) is 1.43. The lowest BCUT2D eigenvalue weighted by atomic mass is 10.0. The number of rotatable bonds is 0. The Labute approximate surface area is 58.7 Å². The second-order valence-corrected chi connectivity index (χ2v) is 2.74. The summed E-state index contributed by atoms with van der Waals surface area (Å²) in [5, 5.41) is -0.501. The Hall–Kier alpha value is -0.240. The first kappa shape index (κ1) is 6.87. The highest BCUT2D eigenvalue weighted by molar-refractivity contribution is 6.22. The van der Waals surface area contributed by atoms with Gasteiger partial charge in [-0.25, -0.2) is 4.39 Å². The van der Waals surface area contributed by atoms with Crippen LogP contribution in [0.15, 0.2) is 11.8 Å². The summed E-state index contributed by atoms with van der Waals surface area (Å²) in [6.07, 6.45) is 1.79. The Morgan fingerprint density at radius 3 is 2.89 bits per heavy atom. The Morgan fingerprint density at radius 1 is 1.78 bits per heavy atom. The number of alkyl halides is 2. The summed E-state index contributed by atoms with van der Waals surface area (Å²) in [6, 6.07) is 0. The normalized spacial score (nSPS) is 36.0. The number of halogens is 2. The van der Waals surface area contributed by atoms with Crippen LogP contribution < -0.4 is 5.73 Å². The van der Waals surface area contributed by atoms with Crippen molar-refractivity contribution in [1.29, 1.82) is 0 Å². The van der Waals surface area contributed by atoms with Crippen molar-refractivity contribution in [2.75, 3.05) is 0 Å². The van der Waals surface area contributed by atoms with E-state index in [4.69, 9.17) is 17.3 Å². The van der Waals surface area contributed by atoms with Crippen LogP contribution in [0.5, 0.6) is 0 Å². The molecule has 2 atom stereocenters. The lowest BCUT2D eigenvalue weighted by Crippen LogP contribution is -2.21. The van der Waals surface area contributed by atoms with E-state index in [-0.39, 0.29) is 0 Å². The fourth-order valence-corrected chi connectivity index (χ4v) is 1.14. The van der Waals surface area contributed by atoms with Gasteiger partial charge in [0.15, 0.2) is 0 Å². The summed E-state index contributed by atoms with van der Waals surface area (Å²) in [7, 11) is 0. The van der Waals surface area contributed by atoms with Crippen LogP contribution in [0.4, 0.5) is 4.39 Å². The van der Waals surface area contributed by atoms with Gasteiger partial charge in [-0.05, 0) is 18.9 Å². The quantitative estimate of drug-likeness (QED) is 0.520. The molecule has 0 aromatic rings. The molecule has 1 aliphatic rings. The van der Waals surface area contributed by atoms with Crippen LogP contribution in [-0.4, -0.2) is 11.5 Å². The molecular formula is C6H9ClFN. The van der Waals surface area contributed by atoms with Gasteiger partial charge < -0.3 is 5.73 Å². The summed E-state index contributed by atoms with van der Waals surface area (Å²) < 4.78 is 12.5. The van der Waals surface area contributed by atoms with Crippen LogP contribution in [0.3, 0.4) is 0 Å². The zero-order chi connectivity index (χ0) is 6.85. The van der Waals surface area contributed by atoms with Gasteiger partial charge >= 0.3 is 0 Å². The van der Waals surface area contributed by atoms with Crippen molar-refractivity contribution >= 4 is 11.6 Å². The van der Waals surface area contributed by atoms with Crippen molar-refractivity contribution in [3.63, 3.8) is 0 Å². The Morgan fingerprint density at radius 2 is 2.44 bits per heavy atom. The molecule has 1 nitrogen and oxygen atoms in total. The van der Waals surface area contributed by atoms with E-state index < -0.39 is 11.5 Å². The molecule has 0 aliphatic heterocycles. The second kappa shape index (κ2) is 2.56. The van der Waals surface area contributed by atoms with Crippen LogP contribution in [-0.2, 0) is 0 Å². The van der Waals surface area contributed by atoms with Crippen molar-refractivity contribution in [3.8, 4) is 0 Å². The molecule has 0 bridgehead atoms. The molecule has 0 heterocycles. The number of hydrogen-bond donors (Lipinski definition) is 1. The highest BCUT2D eigenvalue weighted by Gasteiger charge is 2.20. The largest absolute Gasteiger partial charge is 0.402 e. The van der Waals surface area contributed by atoms with E-state index in [1.54, 1.807) is 6.08 Å². The molecule has 0 aromatic heterocycles. The molecule has 2 unspecified atom stereocenters. The number of allylic oxidation sites excluding steroid dienone is 2. The lowest BCUT2D eigenvalue weighted by Gasteiger charge is -2.17. The van der Waals surface area contributed by atoms with Gasteiger partial charge in [0.25, 0.3) is 0 Å². The van der Waals surface area contributed by atoms with Gasteiger partial charge in [0.05, 0.1) is 5.38 Å². The Bertz CT molecular complexity index is 135. The van der Waals surface area contributed by atoms with Gasteiger partial charge in [-0.15, -0.1) is 11.6 Å². The van der Waals surface area contributed by atoms with Crippen LogP contribution >= 0.6 is 11.6 Å². The van der Waals surface area contributed by atoms with Gasteiger partial charge in [-0.3, -0.25) is 0 Å². The summed E-state index contributed by atoms with van der Waals surface area (Å²) in [5.41, 5.74) is 6.11. The minimum atomic E-state index is -0.904. The van der Waals surface area contributed by atoms with Gasteiger partial charge in [-0.2, -0.15) is 0 Å². The average Bonchev–Trinajstić information content (AvgIpc) is 1.80. The zero-order valence-corrected chi connectivity index (χ0v) is 5.74. The molecule has 2 N–H and O–H groups in total. The predicted molar refractivity (Wildman–Crippen MR) is 36.0 cm³/mol. The topological polar surface area (TPSA) is 26.0 Å². The molecule has 1 rings (SSSR count). The molecule has 1 aliphatic carbocycles. The van der Waals surface area contributed by atoms with Crippen molar-refractivity contribution in [3.05, 3.63) is 11.8 Å². The molecule has 0 aromatic carbocycles. The lowest BCUT2D eigenvalue weighted by molar-refractivity contribution is 0.311. The van der Waals surface area contributed by atoms with Crippen molar-refractivity contribution < 1.29 is 4.39 Å². The molecule has 0 fully saturated rings. The highest BCUT2D eigenvalue weighted by Crippen LogP contribution is 2.21. The molecule has 0 radical (unpaired) electrons. The highest BCUT2D eigenvalue weighted by atomic mass is 35.5. The molecule has 0 saturated carbocycles. The van der Waals surface area contributed by atoms with Crippen LogP contribution in [0, 0.1) is 0 Å². The van der Waals surface area contributed by atoms with Crippen LogP contribution in [0.2, 0.25) is 0 Å². The minimum absolute atomic E-state index is 0.469. The van der Waals surface area contributed by atoms with Crippen molar-refractivity contribution in [2.24, 2.45) is 5.73 Å². The van der Waals surface area contributed by atoms with Crippen molar-refractivity contribution in [1.82, 2.24) is 0 Å². The van der Waals surface area contributed by atoms with Crippen LogP contribution in [0.25, 0.3) is 0 Å². The molecule has 3 heteroatoms. The van der Waals surface area contributed by atoms with Gasteiger partial charge in [0.2, 0.25) is 0 Å². The van der Waals surface area contributed by atoms with E-state index >= 15 is 0 Å². The monoisotopic (exact) mass is 149 g/mol. The average molecular weight is 150 g/mol. The zero-order valence-electron chi connectivity index (χ0n) is 4.98. The Kier molecular flexibility index (Phi) is 1.96. The molecule has 52 valence electrons.